The van der Waals surface area contributed by atoms with Gasteiger partial charge < -0.3 is 0 Å². The van der Waals surface area contributed by atoms with Crippen LogP contribution in [-0.4, -0.2) is 11.3 Å². The first-order chi connectivity index (χ1) is 4.29. The molecule has 0 aliphatic heterocycles. The predicted octanol–water partition coefficient (Wildman–Crippen LogP) is 3.99. The van der Waals surface area contributed by atoms with Gasteiger partial charge in [-0.05, 0) is 11.6 Å². The molecule has 0 bridgehead atoms. The van der Waals surface area contributed by atoms with E-state index < -0.39 is 11.3 Å². The highest BCUT2D eigenvalue weighted by atomic mass is 35.5. The van der Waals surface area contributed by atoms with Crippen LogP contribution in [0.3, 0.4) is 0 Å². The zero-order valence-electron chi connectivity index (χ0n) is 4.68. The Bertz CT molecular complexity index is 93.9. The zero-order chi connectivity index (χ0) is 8.78. The molecule has 0 rings (SSSR count). The van der Waals surface area contributed by atoms with Gasteiger partial charge in [0, 0.05) is 0 Å². The first-order valence-electron chi connectivity index (χ1n) is 1.92. The van der Waals surface area contributed by atoms with Gasteiger partial charge in [-0.3, -0.25) is 0 Å². The van der Waals surface area contributed by atoms with E-state index in [-0.39, 0.29) is 4.49 Å². The zero-order valence-corrected chi connectivity index (χ0v) is 7.71. The predicted molar refractivity (Wildman–Crippen MR) is 42.4 cm³/mol. The fourth-order valence-corrected chi connectivity index (χ4v) is 0. The number of hydrogen-bond acceptors (Lipinski definition) is 0. The van der Waals surface area contributed by atoms with Gasteiger partial charge in [-0.25, -0.2) is 0 Å². The topological polar surface area (TPSA) is 0 Å². The maximum absolute atomic E-state index is 11.1. The minimum atomic E-state index is -3.22. The van der Waals surface area contributed by atoms with E-state index in [1.165, 1.54) is 0 Å². The Morgan fingerprint density at radius 3 is 1.50 bits per heavy atom. The summed E-state index contributed by atoms with van der Waals surface area (Å²) in [6.07, 6.45) is 0. The summed E-state index contributed by atoms with van der Waals surface area (Å²) in [5, 5.41) is -3.22. The van der Waals surface area contributed by atoms with Gasteiger partial charge in [0.05, 0.1) is 4.49 Å². The van der Waals surface area contributed by atoms with Crippen molar-refractivity contribution in [1.29, 1.82) is 0 Å². The second-order valence-electron chi connectivity index (χ2n) is 1.09. The second-order valence-corrected chi connectivity index (χ2v) is 3.01. The summed E-state index contributed by atoms with van der Waals surface area (Å²) >= 11 is 18.5. The maximum Gasteiger partial charge on any atom is 0.335 e. The van der Waals surface area contributed by atoms with E-state index in [0.717, 1.165) is 0 Å². The van der Waals surface area contributed by atoms with Crippen molar-refractivity contribution < 1.29 is 8.78 Å². The first kappa shape index (κ1) is 13.4. The molecule has 0 amide bonds. The molecule has 0 radical (unpaired) electrons. The quantitative estimate of drug-likeness (QED) is 0.599. The van der Waals surface area contributed by atoms with Crippen LogP contribution in [-0.2, 0) is 0 Å². The third-order valence-corrected chi connectivity index (χ3v) is 0.758. The summed E-state index contributed by atoms with van der Waals surface area (Å²) < 4.78 is 22.3. The highest BCUT2D eigenvalue weighted by Gasteiger charge is 2.21. The lowest BCUT2D eigenvalue weighted by molar-refractivity contribution is 0.123. The smallest absolute Gasteiger partial charge is 0.187 e. The van der Waals surface area contributed by atoms with E-state index in [9.17, 15) is 8.78 Å². The van der Waals surface area contributed by atoms with Crippen LogP contribution in [0.1, 0.15) is 0 Å². The van der Waals surface area contributed by atoms with E-state index in [1.54, 1.807) is 0 Å². The van der Waals surface area contributed by atoms with E-state index in [4.69, 9.17) is 23.2 Å². The minimum Gasteiger partial charge on any atom is -0.187 e. The second kappa shape index (κ2) is 6.47. The lowest BCUT2D eigenvalue weighted by Gasteiger charge is -1.96. The van der Waals surface area contributed by atoms with Crippen LogP contribution in [0.25, 0.3) is 0 Å². The van der Waals surface area contributed by atoms with Crippen LogP contribution >= 0.6 is 46.4 Å². The molecule has 0 aromatic rings. The summed E-state index contributed by atoms with van der Waals surface area (Å²) in [5.41, 5.74) is 0. The molecule has 0 fully saturated rings. The summed E-state index contributed by atoms with van der Waals surface area (Å²) in [6.45, 7) is 3.09. The van der Waals surface area contributed by atoms with Crippen molar-refractivity contribution >= 4 is 46.4 Å². The molecule has 0 unspecified atom stereocenters. The summed E-state index contributed by atoms with van der Waals surface area (Å²) in [7, 11) is 0. The fraction of sp³-hybridized carbons (Fsp3) is 0.500. The largest absolute Gasteiger partial charge is 0.335 e. The Morgan fingerprint density at radius 2 is 1.50 bits per heavy atom. The van der Waals surface area contributed by atoms with Crippen molar-refractivity contribution in [3.63, 3.8) is 0 Å². The molecule has 0 saturated heterocycles. The molecule has 0 aliphatic carbocycles. The van der Waals surface area contributed by atoms with E-state index in [2.05, 4.69) is 29.8 Å². The Hall–Kier alpha value is 0.760. The Balaban J connectivity index is 0. The molecule has 62 valence electrons. The standard InChI is InChI=1S/C2H2Cl2F2.C2H2Cl2/c3-1-2(4,5)6;1-2(3)4/h1H2;1H2. The molecule has 0 nitrogen and oxygen atoms in total. The third kappa shape index (κ3) is 37.3. The van der Waals surface area contributed by atoms with Crippen molar-refractivity contribution in [2.24, 2.45) is 0 Å². The fourth-order valence-electron chi connectivity index (χ4n) is 0. The number of halogens is 6. The molecule has 0 heterocycles. The van der Waals surface area contributed by atoms with Crippen LogP contribution in [0.2, 0.25) is 0 Å². The number of alkyl halides is 4. The van der Waals surface area contributed by atoms with Crippen LogP contribution in [0.4, 0.5) is 8.78 Å². The van der Waals surface area contributed by atoms with Gasteiger partial charge >= 0.3 is 5.38 Å². The Morgan fingerprint density at radius 1 is 1.40 bits per heavy atom. The molecule has 0 aromatic carbocycles. The van der Waals surface area contributed by atoms with E-state index in [0.29, 0.717) is 0 Å². The third-order valence-electron chi connectivity index (χ3n) is 0.152. The lowest BCUT2D eigenvalue weighted by Crippen LogP contribution is -2.05. The lowest BCUT2D eigenvalue weighted by atomic mass is 10.8. The van der Waals surface area contributed by atoms with Crippen molar-refractivity contribution in [2.75, 3.05) is 5.88 Å². The molecule has 0 N–H and O–H groups in total. The molecule has 0 aromatic heterocycles. The van der Waals surface area contributed by atoms with Gasteiger partial charge in [0.1, 0.15) is 5.88 Å². The highest BCUT2D eigenvalue weighted by Crippen LogP contribution is 2.19. The van der Waals surface area contributed by atoms with E-state index in [1.807, 2.05) is 0 Å². The van der Waals surface area contributed by atoms with Crippen molar-refractivity contribution in [3.05, 3.63) is 11.1 Å². The molecule has 0 aliphatic rings. The van der Waals surface area contributed by atoms with Gasteiger partial charge in [0.25, 0.3) is 0 Å². The maximum atomic E-state index is 11.1. The minimum absolute atomic E-state index is 0.111. The van der Waals surface area contributed by atoms with Crippen LogP contribution in [0.15, 0.2) is 11.1 Å². The Kier molecular flexibility index (Phi) is 8.64. The molecular formula is C4H4Cl4F2. The Labute approximate surface area is 77.7 Å². The molecule has 10 heavy (non-hydrogen) atoms. The number of rotatable bonds is 1. The van der Waals surface area contributed by atoms with Gasteiger partial charge in [-0.15, -0.1) is 11.6 Å². The first-order valence-corrected chi connectivity index (χ1v) is 3.59. The highest BCUT2D eigenvalue weighted by molar-refractivity contribution is 6.55. The van der Waals surface area contributed by atoms with Gasteiger partial charge in [0.15, 0.2) is 0 Å². The molecule has 0 atom stereocenters. The summed E-state index contributed by atoms with van der Waals surface area (Å²) in [5.74, 6) is -0.825. The molecule has 6 heteroatoms. The van der Waals surface area contributed by atoms with Crippen LogP contribution < -0.4 is 0 Å². The van der Waals surface area contributed by atoms with Crippen molar-refractivity contribution in [2.45, 2.75) is 5.38 Å². The normalized spacial score (nSPS) is 9.80. The summed E-state index contributed by atoms with van der Waals surface area (Å²) in [4.78, 5) is 0. The van der Waals surface area contributed by atoms with Gasteiger partial charge in [0.2, 0.25) is 0 Å². The van der Waals surface area contributed by atoms with Crippen LogP contribution in [0, 0.1) is 0 Å². The molecule has 0 saturated carbocycles. The van der Waals surface area contributed by atoms with Crippen molar-refractivity contribution in [1.82, 2.24) is 0 Å². The monoisotopic (exact) mass is 230 g/mol. The summed E-state index contributed by atoms with van der Waals surface area (Å²) in [6, 6.07) is 0. The SMILES string of the molecule is C=C(Cl)Cl.FC(F)(Cl)CCl. The van der Waals surface area contributed by atoms with Crippen LogP contribution in [0.5, 0.6) is 0 Å². The average Bonchev–Trinajstić information content (AvgIpc) is 1.63. The molecular weight excluding hydrogens is 228 g/mol. The number of hydrogen-bond donors (Lipinski definition) is 0. The van der Waals surface area contributed by atoms with Crippen molar-refractivity contribution in [3.8, 4) is 0 Å². The average molecular weight is 232 g/mol. The van der Waals surface area contributed by atoms with Gasteiger partial charge in [-0.1, -0.05) is 29.8 Å². The molecule has 0 spiro atoms. The van der Waals surface area contributed by atoms with E-state index >= 15 is 0 Å². The van der Waals surface area contributed by atoms with Gasteiger partial charge in [-0.2, -0.15) is 8.78 Å².